The quantitative estimate of drug-likeness (QED) is 0.793. The molecule has 1 saturated heterocycles. The van der Waals surface area contributed by atoms with Crippen LogP contribution in [-0.4, -0.2) is 13.1 Å². The zero-order valence-corrected chi connectivity index (χ0v) is 9.39. The highest BCUT2D eigenvalue weighted by Gasteiger charge is 2.14. The molecule has 1 atom stereocenters. The zero-order valence-electron chi connectivity index (χ0n) is 8.57. The largest absolute Gasteiger partial charge is 0.316 e. The molecule has 2 nitrogen and oxygen atoms in total. The van der Waals surface area contributed by atoms with Crippen LogP contribution in [0.25, 0.3) is 0 Å². The van der Waals surface area contributed by atoms with Crippen LogP contribution in [-0.2, 0) is 0 Å². The fraction of sp³-hybridized carbons (Fsp3) is 0.417. The Hall–Kier alpha value is -1.04. The second-order valence-electron chi connectivity index (χ2n) is 3.78. The van der Waals surface area contributed by atoms with Crippen molar-refractivity contribution in [2.45, 2.75) is 18.8 Å². The summed E-state index contributed by atoms with van der Waals surface area (Å²) >= 11 is 0. The Bertz CT molecular complexity index is 334. The fourth-order valence-electron chi connectivity index (χ4n) is 1.97. The van der Waals surface area contributed by atoms with Crippen LogP contribution >= 0.6 is 12.4 Å². The summed E-state index contributed by atoms with van der Waals surface area (Å²) in [5.41, 5.74) is 2.11. The number of benzene rings is 1. The first-order valence-corrected chi connectivity index (χ1v) is 5.11. The molecule has 1 aromatic rings. The van der Waals surface area contributed by atoms with Crippen molar-refractivity contribution in [3.05, 3.63) is 35.4 Å². The molecule has 0 radical (unpaired) electrons. The van der Waals surface area contributed by atoms with E-state index in [-0.39, 0.29) is 12.4 Å². The lowest BCUT2D eigenvalue weighted by Gasteiger charge is -2.22. The summed E-state index contributed by atoms with van der Waals surface area (Å²) in [6.07, 6.45) is 2.52. The normalized spacial score (nSPS) is 20.1. The van der Waals surface area contributed by atoms with Crippen LogP contribution in [0.4, 0.5) is 0 Å². The molecule has 1 aromatic carbocycles. The van der Waals surface area contributed by atoms with E-state index in [9.17, 15) is 0 Å². The molecular weight excluding hydrogens is 208 g/mol. The first-order valence-electron chi connectivity index (χ1n) is 5.11. The van der Waals surface area contributed by atoms with E-state index in [0.717, 1.165) is 18.7 Å². The van der Waals surface area contributed by atoms with Crippen molar-refractivity contribution >= 4 is 12.4 Å². The third kappa shape index (κ3) is 2.95. The summed E-state index contributed by atoms with van der Waals surface area (Å²) < 4.78 is 0. The highest BCUT2D eigenvalue weighted by atomic mass is 35.5. The van der Waals surface area contributed by atoms with Gasteiger partial charge in [0.25, 0.3) is 0 Å². The van der Waals surface area contributed by atoms with Crippen molar-refractivity contribution in [1.82, 2.24) is 5.32 Å². The average Bonchev–Trinajstić information content (AvgIpc) is 2.30. The van der Waals surface area contributed by atoms with Crippen LogP contribution in [0.15, 0.2) is 24.3 Å². The van der Waals surface area contributed by atoms with Gasteiger partial charge in [-0.15, -0.1) is 12.4 Å². The third-order valence-corrected chi connectivity index (χ3v) is 2.81. The molecule has 1 N–H and O–H groups in total. The molecule has 0 amide bonds. The minimum atomic E-state index is 0. The first-order chi connectivity index (χ1) is 6.90. The maximum atomic E-state index is 8.68. The Morgan fingerprint density at radius 1 is 1.27 bits per heavy atom. The van der Waals surface area contributed by atoms with Crippen LogP contribution in [0.5, 0.6) is 0 Å². The molecule has 0 aliphatic carbocycles. The van der Waals surface area contributed by atoms with Crippen molar-refractivity contribution in [1.29, 1.82) is 5.26 Å². The zero-order chi connectivity index (χ0) is 9.80. The summed E-state index contributed by atoms with van der Waals surface area (Å²) in [6, 6.07) is 10.1. The Morgan fingerprint density at radius 2 is 2.00 bits per heavy atom. The summed E-state index contributed by atoms with van der Waals surface area (Å²) in [7, 11) is 0. The van der Waals surface area contributed by atoms with E-state index in [1.165, 1.54) is 18.4 Å². The maximum absolute atomic E-state index is 8.68. The Balaban J connectivity index is 0.00000112. The Morgan fingerprint density at radius 3 is 2.53 bits per heavy atom. The van der Waals surface area contributed by atoms with Crippen molar-refractivity contribution in [2.75, 3.05) is 13.1 Å². The van der Waals surface area contributed by atoms with Crippen LogP contribution in [0.2, 0.25) is 0 Å². The average molecular weight is 223 g/mol. The Kier molecular flexibility index (Phi) is 4.61. The second kappa shape index (κ2) is 5.75. The molecule has 1 aliphatic rings. The molecule has 0 aromatic heterocycles. The lowest BCUT2D eigenvalue weighted by Crippen LogP contribution is -2.28. The lowest BCUT2D eigenvalue weighted by molar-refractivity contribution is 0.461. The first kappa shape index (κ1) is 12.0. The van der Waals surface area contributed by atoms with Crippen molar-refractivity contribution < 1.29 is 0 Å². The number of nitriles is 1. The number of rotatable bonds is 1. The van der Waals surface area contributed by atoms with Crippen LogP contribution in [0.3, 0.4) is 0 Å². The van der Waals surface area contributed by atoms with Gasteiger partial charge < -0.3 is 5.32 Å². The van der Waals surface area contributed by atoms with Crippen molar-refractivity contribution in [3.8, 4) is 6.07 Å². The number of nitrogens with zero attached hydrogens (tertiary/aromatic N) is 1. The van der Waals surface area contributed by atoms with Gasteiger partial charge in [-0.2, -0.15) is 5.26 Å². The molecule has 0 bridgehead atoms. The van der Waals surface area contributed by atoms with E-state index in [4.69, 9.17) is 5.26 Å². The standard InChI is InChI=1S/C12H14N2.ClH/c13-8-10-3-5-11(6-4-10)12-2-1-7-14-9-12;/h3-6,12,14H,1-2,7,9H2;1H. The van der Waals surface area contributed by atoms with Gasteiger partial charge in [0.2, 0.25) is 0 Å². The van der Waals surface area contributed by atoms with Crippen LogP contribution in [0.1, 0.15) is 29.9 Å². The lowest BCUT2D eigenvalue weighted by atomic mass is 9.91. The molecule has 15 heavy (non-hydrogen) atoms. The molecule has 1 heterocycles. The number of hydrogen-bond acceptors (Lipinski definition) is 2. The van der Waals surface area contributed by atoms with Gasteiger partial charge in [-0.25, -0.2) is 0 Å². The van der Waals surface area contributed by atoms with E-state index in [2.05, 4.69) is 23.5 Å². The SMILES string of the molecule is Cl.N#Cc1ccc(C2CCCNC2)cc1. The fourth-order valence-corrected chi connectivity index (χ4v) is 1.97. The molecule has 1 fully saturated rings. The monoisotopic (exact) mass is 222 g/mol. The van der Waals surface area contributed by atoms with Crippen LogP contribution in [0, 0.1) is 11.3 Å². The topological polar surface area (TPSA) is 35.8 Å². The number of hydrogen-bond donors (Lipinski definition) is 1. The Labute approximate surface area is 96.7 Å². The van der Waals surface area contributed by atoms with Gasteiger partial charge in [0.15, 0.2) is 0 Å². The predicted molar refractivity (Wildman–Crippen MR) is 63.2 cm³/mol. The molecular formula is C12H15ClN2. The van der Waals surface area contributed by atoms with Gasteiger partial charge in [0, 0.05) is 6.54 Å². The van der Waals surface area contributed by atoms with Gasteiger partial charge >= 0.3 is 0 Å². The molecule has 0 saturated carbocycles. The van der Waals surface area contributed by atoms with E-state index in [1.54, 1.807) is 0 Å². The highest BCUT2D eigenvalue weighted by molar-refractivity contribution is 5.85. The van der Waals surface area contributed by atoms with E-state index < -0.39 is 0 Å². The smallest absolute Gasteiger partial charge is 0.0991 e. The van der Waals surface area contributed by atoms with Crippen molar-refractivity contribution in [2.24, 2.45) is 0 Å². The van der Waals surface area contributed by atoms with Gasteiger partial charge in [-0.1, -0.05) is 12.1 Å². The summed E-state index contributed by atoms with van der Waals surface area (Å²) in [6.45, 7) is 2.22. The molecule has 0 spiro atoms. The minimum absolute atomic E-state index is 0. The number of halogens is 1. The molecule has 1 unspecified atom stereocenters. The molecule has 3 heteroatoms. The van der Waals surface area contributed by atoms with Gasteiger partial charge in [-0.05, 0) is 43.0 Å². The number of nitrogens with one attached hydrogen (secondary N) is 1. The van der Waals surface area contributed by atoms with E-state index >= 15 is 0 Å². The predicted octanol–water partition coefficient (Wildman–Crippen LogP) is 2.45. The third-order valence-electron chi connectivity index (χ3n) is 2.81. The van der Waals surface area contributed by atoms with Crippen molar-refractivity contribution in [3.63, 3.8) is 0 Å². The van der Waals surface area contributed by atoms with E-state index in [0.29, 0.717) is 5.92 Å². The number of piperidine rings is 1. The van der Waals surface area contributed by atoms with Gasteiger partial charge in [0.05, 0.1) is 11.6 Å². The summed E-state index contributed by atoms with van der Waals surface area (Å²) in [5.74, 6) is 0.636. The summed E-state index contributed by atoms with van der Waals surface area (Å²) in [4.78, 5) is 0. The molecule has 2 rings (SSSR count). The van der Waals surface area contributed by atoms with Gasteiger partial charge in [0.1, 0.15) is 0 Å². The highest BCUT2D eigenvalue weighted by Crippen LogP contribution is 2.22. The molecule has 80 valence electrons. The van der Waals surface area contributed by atoms with Gasteiger partial charge in [-0.3, -0.25) is 0 Å². The minimum Gasteiger partial charge on any atom is -0.316 e. The second-order valence-corrected chi connectivity index (χ2v) is 3.78. The summed E-state index contributed by atoms with van der Waals surface area (Å²) in [5, 5.41) is 12.1. The van der Waals surface area contributed by atoms with Crippen LogP contribution < -0.4 is 5.32 Å². The maximum Gasteiger partial charge on any atom is 0.0991 e. The molecule has 1 aliphatic heterocycles. The van der Waals surface area contributed by atoms with E-state index in [1.807, 2.05) is 12.1 Å².